The lowest BCUT2D eigenvalue weighted by atomic mass is 10.1. The van der Waals surface area contributed by atoms with Gasteiger partial charge in [-0.2, -0.15) is 4.39 Å². The first-order valence-electron chi connectivity index (χ1n) is 3.71. The van der Waals surface area contributed by atoms with Crippen LogP contribution in [-0.2, 0) is 0 Å². The average molecular weight is 237 g/mol. The van der Waals surface area contributed by atoms with Crippen LogP contribution < -0.4 is 15.8 Å². The SMILES string of the molecule is COc1c(F)c(F)c(C(N)=O)c(F)c1P. The van der Waals surface area contributed by atoms with Crippen molar-refractivity contribution >= 4 is 20.5 Å². The summed E-state index contributed by atoms with van der Waals surface area (Å²) >= 11 is 0. The minimum atomic E-state index is -1.65. The lowest BCUT2D eigenvalue weighted by molar-refractivity contribution is 0.0991. The second-order valence-electron chi connectivity index (χ2n) is 2.63. The van der Waals surface area contributed by atoms with E-state index in [9.17, 15) is 18.0 Å². The molecule has 1 aromatic rings. The number of carbonyl (C=O) groups is 1. The molecule has 1 amide bonds. The minimum Gasteiger partial charge on any atom is -0.493 e. The zero-order chi connectivity index (χ0) is 11.7. The van der Waals surface area contributed by atoms with Crippen LogP contribution in [-0.4, -0.2) is 13.0 Å². The van der Waals surface area contributed by atoms with Crippen molar-refractivity contribution in [1.29, 1.82) is 0 Å². The van der Waals surface area contributed by atoms with E-state index in [1.807, 2.05) is 9.24 Å². The van der Waals surface area contributed by atoms with Crippen LogP contribution in [0, 0.1) is 17.5 Å². The predicted molar refractivity (Wildman–Crippen MR) is 50.7 cm³/mol. The highest BCUT2D eigenvalue weighted by Crippen LogP contribution is 2.25. The van der Waals surface area contributed by atoms with Gasteiger partial charge in [-0.3, -0.25) is 4.79 Å². The summed E-state index contributed by atoms with van der Waals surface area (Å²) in [5.74, 6) is -6.33. The van der Waals surface area contributed by atoms with E-state index >= 15 is 0 Å². The second-order valence-corrected chi connectivity index (χ2v) is 3.21. The van der Waals surface area contributed by atoms with Crippen molar-refractivity contribution in [2.75, 3.05) is 7.11 Å². The van der Waals surface area contributed by atoms with Crippen molar-refractivity contribution in [3.05, 3.63) is 23.0 Å². The van der Waals surface area contributed by atoms with Crippen molar-refractivity contribution in [3.63, 3.8) is 0 Å². The van der Waals surface area contributed by atoms with Crippen molar-refractivity contribution in [3.8, 4) is 5.75 Å². The maximum absolute atomic E-state index is 13.3. The Balaban J connectivity index is 3.66. The van der Waals surface area contributed by atoms with Crippen LogP contribution in [0.4, 0.5) is 13.2 Å². The molecule has 0 fully saturated rings. The maximum Gasteiger partial charge on any atom is 0.254 e. The molecule has 3 nitrogen and oxygen atoms in total. The predicted octanol–water partition coefficient (Wildman–Crippen LogP) is 0.712. The van der Waals surface area contributed by atoms with E-state index < -0.39 is 34.7 Å². The molecule has 0 aliphatic carbocycles. The summed E-state index contributed by atoms with van der Waals surface area (Å²) in [6.45, 7) is 0. The summed E-state index contributed by atoms with van der Waals surface area (Å²) in [7, 11) is 2.86. The number of halogens is 3. The molecule has 0 aliphatic rings. The fourth-order valence-electron chi connectivity index (χ4n) is 1.07. The third-order valence-corrected chi connectivity index (χ3v) is 2.28. The molecule has 0 bridgehead atoms. The van der Waals surface area contributed by atoms with Crippen molar-refractivity contribution < 1.29 is 22.7 Å². The topological polar surface area (TPSA) is 52.3 Å². The van der Waals surface area contributed by atoms with Gasteiger partial charge in [0.25, 0.3) is 5.91 Å². The molecule has 7 heteroatoms. The smallest absolute Gasteiger partial charge is 0.254 e. The van der Waals surface area contributed by atoms with Gasteiger partial charge in [-0.25, -0.2) is 8.78 Å². The van der Waals surface area contributed by atoms with Crippen LogP contribution in [0.1, 0.15) is 10.4 Å². The first-order chi connectivity index (χ1) is 6.91. The Kier molecular flexibility index (Phi) is 3.19. The van der Waals surface area contributed by atoms with Crippen LogP contribution in [0.5, 0.6) is 5.75 Å². The van der Waals surface area contributed by atoms with Gasteiger partial charge in [-0.15, -0.1) is 0 Å². The molecule has 1 atom stereocenters. The lowest BCUT2D eigenvalue weighted by Crippen LogP contribution is -2.22. The minimum absolute atomic E-state index is 0.384. The van der Waals surface area contributed by atoms with Gasteiger partial charge in [0.1, 0.15) is 11.4 Å². The maximum atomic E-state index is 13.3. The fraction of sp³-hybridized carbons (Fsp3) is 0.125. The molecule has 0 aromatic heterocycles. The molecule has 82 valence electrons. The zero-order valence-electron chi connectivity index (χ0n) is 7.61. The molecular formula is C8H7F3NO2P. The molecule has 0 aliphatic heterocycles. The highest BCUT2D eigenvalue weighted by Gasteiger charge is 2.26. The van der Waals surface area contributed by atoms with Crippen LogP contribution >= 0.6 is 9.24 Å². The van der Waals surface area contributed by atoms with E-state index in [0.29, 0.717) is 0 Å². The molecule has 0 heterocycles. The molecule has 0 saturated carbocycles. The zero-order valence-corrected chi connectivity index (χ0v) is 8.76. The summed E-state index contributed by atoms with van der Waals surface area (Å²) in [4.78, 5) is 10.7. The van der Waals surface area contributed by atoms with Gasteiger partial charge in [-0.1, -0.05) is 9.24 Å². The van der Waals surface area contributed by atoms with E-state index in [1.54, 1.807) is 0 Å². The quantitative estimate of drug-likeness (QED) is 0.608. The molecule has 15 heavy (non-hydrogen) atoms. The average Bonchev–Trinajstić information content (AvgIpc) is 2.16. The second kappa shape index (κ2) is 4.06. The third kappa shape index (κ3) is 1.77. The summed E-state index contributed by atoms with van der Waals surface area (Å²) in [6, 6.07) is 0. The Morgan fingerprint density at radius 3 is 2.20 bits per heavy atom. The molecule has 1 rings (SSSR count). The Bertz CT molecular complexity index is 407. The highest BCUT2D eigenvalue weighted by atomic mass is 31.0. The molecule has 0 spiro atoms. The summed E-state index contributed by atoms with van der Waals surface area (Å²) < 4.78 is 44.1. The molecule has 1 aromatic carbocycles. The van der Waals surface area contributed by atoms with Crippen LogP contribution in [0.2, 0.25) is 0 Å². The van der Waals surface area contributed by atoms with Gasteiger partial charge in [-0.05, 0) is 0 Å². The first kappa shape index (κ1) is 11.8. The number of hydrogen-bond donors (Lipinski definition) is 1. The number of nitrogens with two attached hydrogens (primary N) is 1. The first-order valence-corrected chi connectivity index (χ1v) is 4.29. The normalized spacial score (nSPS) is 10.2. The molecule has 0 saturated heterocycles. The molecule has 0 radical (unpaired) electrons. The van der Waals surface area contributed by atoms with Crippen LogP contribution in [0.25, 0.3) is 0 Å². The molecule has 2 N–H and O–H groups in total. The van der Waals surface area contributed by atoms with E-state index in [4.69, 9.17) is 5.73 Å². The van der Waals surface area contributed by atoms with Gasteiger partial charge >= 0.3 is 0 Å². The van der Waals surface area contributed by atoms with Gasteiger partial charge in [0.2, 0.25) is 5.82 Å². The van der Waals surface area contributed by atoms with Crippen molar-refractivity contribution in [2.24, 2.45) is 5.73 Å². The highest BCUT2D eigenvalue weighted by molar-refractivity contribution is 7.27. The Labute approximate surface area is 85.6 Å². The molecule has 1 unspecified atom stereocenters. The number of ether oxygens (including phenoxy) is 1. The van der Waals surface area contributed by atoms with Gasteiger partial charge < -0.3 is 10.5 Å². The lowest BCUT2D eigenvalue weighted by Gasteiger charge is -2.10. The number of primary amides is 1. The number of methoxy groups -OCH3 is 1. The number of benzene rings is 1. The van der Waals surface area contributed by atoms with Gasteiger partial charge in [0.15, 0.2) is 11.6 Å². The summed E-state index contributed by atoms with van der Waals surface area (Å²) in [5, 5.41) is -0.384. The Morgan fingerprint density at radius 1 is 1.27 bits per heavy atom. The van der Waals surface area contributed by atoms with E-state index in [1.165, 1.54) is 0 Å². The van der Waals surface area contributed by atoms with Crippen LogP contribution in [0.3, 0.4) is 0 Å². The standard InChI is InChI=1S/C8H7F3NO2P/c1-14-6-5(11)3(9)2(8(12)13)4(10)7(6)15/h15H2,1H3,(H2,12,13). The number of carbonyl (C=O) groups excluding carboxylic acids is 1. The van der Waals surface area contributed by atoms with E-state index in [2.05, 4.69) is 4.74 Å². The monoisotopic (exact) mass is 237 g/mol. The summed E-state index contributed by atoms with van der Waals surface area (Å²) in [5.41, 5.74) is 3.60. The summed E-state index contributed by atoms with van der Waals surface area (Å²) in [6.07, 6.45) is 0. The fourth-order valence-corrected chi connectivity index (χ4v) is 1.46. The van der Waals surface area contributed by atoms with Crippen LogP contribution in [0.15, 0.2) is 0 Å². The molecular weight excluding hydrogens is 230 g/mol. The largest absolute Gasteiger partial charge is 0.493 e. The number of hydrogen-bond acceptors (Lipinski definition) is 2. The van der Waals surface area contributed by atoms with Gasteiger partial charge in [0.05, 0.1) is 12.4 Å². The Morgan fingerprint density at radius 2 is 1.80 bits per heavy atom. The van der Waals surface area contributed by atoms with E-state index in [-0.39, 0.29) is 5.30 Å². The number of rotatable bonds is 2. The van der Waals surface area contributed by atoms with E-state index in [0.717, 1.165) is 7.11 Å². The van der Waals surface area contributed by atoms with Crippen molar-refractivity contribution in [1.82, 2.24) is 0 Å². The Hall–Kier alpha value is -1.29. The third-order valence-electron chi connectivity index (χ3n) is 1.76. The van der Waals surface area contributed by atoms with Crippen molar-refractivity contribution in [2.45, 2.75) is 0 Å². The van der Waals surface area contributed by atoms with Gasteiger partial charge in [0, 0.05) is 0 Å². The number of amides is 1.